The summed E-state index contributed by atoms with van der Waals surface area (Å²) >= 11 is 4.88. The molecule has 0 amide bonds. The predicted octanol–water partition coefficient (Wildman–Crippen LogP) is 4.95. The van der Waals surface area contributed by atoms with Crippen LogP contribution in [0.3, 0.4) is 0 Å². The van der Waals surface area contributed by atoms with E-state index in [1.54, 1.807) is 13.2 Å². The Morgan fingerprint density at radius 2 is 2.10 bits per heavy atom. The monoisotopic (exact) mass is 352 g/mol. The first kappa shape index (κ1) is 13.3. The highest BCUT2D eigenvalue weighted by atomic mass is 79.9. The van der Waals surface area contributed by atoms with Gasteiger partial charge in [0, 0.05) is 17.8 Å². The highest BCUT2D eigenvalue weighted by Gasteiger charge is 2.07. The van der Waals surface area contributed by atoms with Crippen LogP contribution in [0.4, 0.5) is 15.2 Å². The molecular weight excluding hydrogens is 343 g/mol. The van der Waals surface area contributed by atoms with Crippen molar-refractivity contribution in [2.45, 2.75) is 0 Å². The van der Waals surface area contributed by atoms with Crippen molar-refractivity contribution in [3.63, 3.8) is 0 Å². The molecule has 3 aromatic rings. The van der Waals surface area contributed by atoms with Gasteiger partial charge in [-0.1, -0.05) is 11.3 Å². The molecule has 2 aromatic carbocycles. The molecule has 0 saturated heterocycles. The molecule has 0 aliphatic heterocycles. The van der Waals surface area contributed by atoms with Crippen LogP contribution in [0.2, 0.25) is 0 Å². The fourth-order valence-corrected chi connectivity index (χ4v) is 3.09. The first-order valence-corrected chi connectivity index (χ1v) is 7.43. The molecule has 0 saturated carbocycles. The number of methoxy groups -OCH3 is 1. The lowest BCUT2D eigenvalue weighted by atomic mass is 10.3. The summed E-state index contributed by atoms with van der Waals surface area (Å²) in [5, 5.41) is 3.92. The summed E-state index contributed by atoms with van der Waals surface area (Å²) in [6, 6.07) is 10.3. The second kappa shape index (κ2) is 5.38. The lowest BCUT2D eigenvalue weighted by Gasteiger charge is -2.07. The van der Waals surface area contributed by atoms with Gasteiger partial charge in [0.1, 0.15) is 11.6 Å². The van der Waals surface area contributed by atoms with Crippen LogP contribution in [0.15, 0.2) is 40.9 Å². The Morgan fingerprint density at radius 3 is 2.90 bits per heavy atom. The Kier molecular flexibility index (Phi) is 3.58. The third-order valence-electron chi connectivity index (χ3n) is 2.75. The van der Waals surface area contributed by atoms with E-state index in [4.69, 9.17) is 4.74 Å². The molecule has 0 fully saturated rings. The van der Waals surface area contributed by atoms with Crippen LogP contribution in [0.1, 0.15) is 0 Å². The molecule has 6 heteroatoms. The highest BCUT2D eigenvalue weighted by molar-refractivity contribution is 9.10. The maximum atomic E-state index is 13.1. The quantitative estimate of drug-likeness (QED) is 0.723. The number of benzene rings is 2. The number of hydrogen-bond acceptors (Lipinski definition) is 4. The first-order valence-electron chi connectivity index (χ1n) is 5.82. The zero-order valence-corrected chi connectivity index (χ0v) is 12.9. The number of nitrogens with zero attached hydrogens (tertiary/aromatic N) is 1. The highest BCUT2D eigenvalue weighted by Crippen LogP contribution is 2.32. The van der Waals surface area contributed by atoms with Crippen LogP contribution in [-0.2, 0) is 0 Å². The van der Waals surface area contributed by atoms with Crippen molar-refractivity contribution in [2.75, 3.05) is 12.4 Å². The first-order chi connectivity index (χ1) is 9.65. The van der Waals surface area contributed by atoms with Crippen molar-refractivity contribution in [2.24, 2.45) is 0 Å². The number of fused-ring (bicyclic) bond motifs is 1. The number of aromatic nitrogens is 1. The summed E-state index contributed by atoms with van der Waals surface area (Å²) in [5.41, 5.74) is 1.52. The number of anilines is 2. The van der Waals surface area contributed by atoms with Crippen molar-refractivity contribution in [3.05, 3.63) is 46.7 Å². The normalized spacial score (nSPS) is 10.8. The van der Waals surface area contributed by atoms with Crippen LogP contribution in [-0.4, -0.2) is 12.1 Å². The van der Waals surface area contributed by atoms with Gasteiger partial charge in [0.05, 0.1) is 21.8 Å². The van der Waals surface area contributed by atoms with Crippen molar-refractivity contribution < 1.29 is 9.13 Å². The van der Waals surface area contributed by atoms with Gasteiger partial charge < -0.3 is 10.1 Å². The Morgan fingerprint density at radius 1 is 1.25 bits per heavy atom. The Hall–Kier alpha value is -1.66. The van der Waals surface area contributed by atoms with Crippen LogP contribution >= 0.6 is 27.3 Å². The maximum Gasteiger partial charge on any atom is 0.188 e. The average molecular weight is 353 g/mol. The molecular formula is C14H10BrFN2OS. The number of nitrogens with one attached hydrogen (secondary N) is 1. The number of hydrogen-bond donors (Lipinski definition) is 1. The third-order valence-corrected chi connectivity index (χ3v) is 4.36. The van der Waals surface area contributed by atoms with Gasteiger partial charge in [-0.3, -0.25) is 0 Å². The van der Waals surface area contributed by atoms with E-state index in [0.717, 1.165) is 25.7 Å². The number of ether oxygens (including phenoxy) is 1. The van der Waals surface area contributed by atoms with Gasteiger partial charge in [-0.15, -0.1) is 0 Å². The largest absolute Gasteiger partial charge is 0.495 e. The molecule has 0 spiro atoms. The van der Waals surface area contributed by atoms with Crippen LogP contribution in [0.25, 0.3) is 10.2 Å². The number of halogens is 2. The standard InChI is InChI=1S/C14H10BrFN2OS/c1-19-12-7-9(3-4-10(12)15)17-14-18-11-6-8(16)2-5-13(11)20-14/h2-7H,1H3,(H,17,18). The Bertz CT molecular complexity index is 775. The summed E-state index contributed by atoms with van der Waals surface area (Å²) in [4.78, 5) is 4.36. The van der Waals surface area contributed by atoms with Gasteiger partial charge in [0.25, 0.3) is 0 Å². The smallest absolute Gasteiger partial charge is 0.188 e. The van der Waals surface area contributed by atoms with Gasteiger partial charge in [-0.05, 0) is 40.2 Å². The SMILES string of the molecule is COc1cc(Nc2nc3cc(F)ccc3s2)ccc1Br. The zero-order valence-electron chi connectivity index (χ0n) is 10.5. The summed E-state index contributed by atoms with van der Waals surface area (Å²) < 4.78 is 20.2. The minimum atomic E-state index is -0.278. The van der Waals surface area contributed by atoms with E-state index < -0.39 is 0 Å². The molecule has 1 heterocycles. The second-order valence-electron chi connectivity index (χ2n) is 4.11. The fraction of sp³-hybridized carbons (Fsp3) is 0.0714. The topological polar surface area (TPSA) is 34.1 Å². The molecule has 3 rings (SSSR count). The van der Waals surface area contributed by atoms with E-state index in [2.05, 4.69) is 26.2 Å². The molecule has 1 N–H and O–H groups in total. The Balaban J connectivity index is 1.92. The van der Waals surface area contributed by atoms with Crippen molar-refractivity contribution >= 4 is 48.3 Å². The number of thiazole rings is 1. The van der Waals surface area contributed by atoms with E-state index >= 15 is 0 Å². The van der Waals surface area contributed by atoms with Crippen LogP contribution < -0.4 is 10.1 Å². The minimum Gasteiger partial charge on any atom is -0.495 e. The van der Waals surface area contributed by atoms with Crippen molar-refractivity contribution in [1.82, 2.24) is 4.98 Å². The van der Waals surface area contributed by atoms with Gasteiger partial charge in [-0.2, -0.15) is 0 Å². The van der Waals surface area contributed by atoms with Crippen LogP contribution in [0.5, 0.6) is 5.75 Å². The molecule has 0 atom stereocenters. The molecule has 20 heavy (non-hydrogen) atoms. The lowest BCUT2D eigenvalue weighted by Crippen LogP contribution is -1.91. The molecule has 3 nitrogen and oxygen atoms in total. The van der Waals surface area contributed by atoms with Gasteiger partial charge in [0.15, 0.2) is 5.13 Å². The van der Waals surface area contributed by atoms with Crippen molar-refractivity contribution in [3.8, 4) is 5.75 Å². The van der Waals surface area contributed by atoms with E-state index in [0.29, 0.717) is 5.52 Å². The fourth-order valence-electron chi connectivity index (χ4n) is 1.82. The van der Waals surface area contributed by atoms with Gasteiger partial charge in [0.2, 0.25) is 0 Å². The van der Waals surface area contributed by atoms with E-state index in [-0.39, 0.29) is 5.82 Å². The van der Waals surface area contributed by atoms with E-state index in [9.17, 15) is 4.39 Å². The zero-order chi connectivity index (χ0) is 14.1. The van der Waals surface area contributed by atoms with Crippen LogP contribution in [0, 0.1) is 5.82 Å². The maximum absolute atomic E-state index is 13.1. The molecule has 0 unspecified atom stereocenters. The molecule has 102 valence electrons. The van der Waals surface area contributed by atoms with Crippen molar-refractivity contribution in [1.29, 1.82) is 0 Å². The van der Waals surface area contributed by atoms with E-state index in [1.807, 2.05) is 18.2 Å². The molecule has 0 aliphatic rings. The molecule has 0 bridgehead atoms. The van der Waals surface area contributed by atoms with Gasteiger partial charge in [-0.25, -0.2) is 9.37 Å². The Labute approximate surface area is 127 Å². The summed E-state index contributed by atoms with van der Waals surface area (Å²) in [5.74, 6) is 0.460. The predicted molar refractivity (Wildman–Crippen MR) is 83.6 cm³/mol. The minimum absolute atomic E-state index is 0.278. The summed E-state index contributed by atoms with van der Waals surface area (Å²) in [7, 11) is 1.62. The molecule has 0 radical (unpaired) electrons. The molecule has 0 aliphatic carbocycles. The third kappa shape index (κ3) is 2.62. The second-order valence-corrected chi connectivity index (χ2v) is 5.99. The molecule has 1 aromatic heterocycles. The average Bonchev–Trinajstić information content (AvgIpc) is 2.82. The van der Waals surface area contributed by atoms with Gasteiger partial charge >= 0.3 is 0 Å². The number of rotatable bonds is 3. The lowest BCUT2D eigenvalue weighted by molar-refractivity contribution is 0.412. The summed E-state index contributed by atoms with van der Waals surface area (Å²) in [6.07, 6.45) is 0. The summed E-state index contributed by atoms with van der Waals surface area (Å²) in [6.45, 7) is 0. The van der Waals surface area contributed by atoms with E-state index in [1.165, 1.54) is 23.5 Å².